The number of rotatable bonds is 3. The molecule has 7 heteroatoms. The first-order valence-electron chi connectivity index (χ1n) is 8.29. The number of benzene rings is 1. The Hall–Kier alpha value is 0.980. The van der Waals surface area contributed by atoms with Crippen LogP contribution in [0.4, 0.5) is 0 Å². The fraction of sp³-hybridized carbons (Fsp3) is 0.647. The van der Waals surface area contributed by atoms with Crippen molar-refractivity contribution in [3.63, 3.8) is 0 Å². The third kappa shape index (κ3) is 5.49. The smallest absolute Gasteiger partial charge is 0.142 e. The molecule has 0 unspecified atom stereocenters. The number of piperazine rings is 1. The molecule has 2 N–H and O–H groups in total. The maximum absolute atomic E-state index is 10.1. The zero-order valence-corrected chi connectivity index (χ0v) is 19.6. The van der Waals surface area contributed by atoms with Crippen molar-refractivity contribution in [1.82, 2.24) is 10.2 Å². The zero-order chi connectivity index (χ0) is 15.5. The summed E-state index contributed by atoms with van der Waals surface area (Å²) < 4.78 is 1.96. The van der Waals surface area contributed by atoms with Crippen molar-refractivity contribution in [3.8, 4) is 5.75 Å². The second kappa shape index (κ2) is 11.0. The van der Waals surface area contributed by atoms with Gasteiger partial charge in [0.05, 0.1) is 7.14 Å². The van der Waals surface area contributed by atoms with Crippen molar-refractivity contribution in [2.75, 3.05) is 26.2 Å². The highest BCUT2D eigenvalue weighted by atomic mass is 127. The molecule has 0 radical (unpaired) electrons. The van der Waals surface area contributed by atoms with Crippen LogP contribution >= 0.6 is 70.0 Å². The third-order valence-electron chi connectivity index (χ3n) is 5.02. The summed E-state index contributed by atoms with van der Waals surface area (Å²) in [4.78, 5) is 2.67. The molecule has 1 atom stereocenters. The summed E-state index contributed by atoms with van der Waals surface area (Å²) in [5.41, 5.74) is 1.40. The first kappa shape index (κ1) is 23.0. The summed E-state index contributed by atoms with van der Waals surface area (Å²) >= 11 is 4.53. The Morgan fingerprint density at radius 3 is 2.08 bits per heavy atom. The van der Waals surface area contributed by atoms with E-state index in [9.17, 15) is 5.11 Å². The van der Waals surface area contributed by atoms with Gasteiger partial charge in [0, 0.05) is 32.2 Å². The molecule has 24 heavy (non-hydrogen) atoms. The van der Waals surface area contributed by atoms with Crippen molar-refractivity contribution in [2.24, 2.45) is 5.92 Å². The Morgan fingerprint density at radius 2 is 1.54 bits per heavy atom. The number of nitrogens with zero attached hydrogens (tertiary/aromatic N) is 1. The molecule has 138 valence electrons. The predicted octanol–water partition coefficient (Wildman–Crippen LogP) is 4.97. The Labute approximate surface area is 184 Å². The minimum atomic E-state index is 0. The van der Waals surface area contributed by atoms with Gasteiger partial charge in [-0.2, -0.15) is 0 Å². The SMILES string of the molecule is Cl.Cl.Oc1c(I)cc([C@@H](C2CCCCC2)N2CCNCC2)cc1I. The lowest BCUT2D eigenvalue weighted by atomic mass is 9.80. The summed E-state index contributed by atoms with van der Waals surface area (Å²) in [6, 6.07) is 4.93. The molecule has 1 aliphatic heterocycles. The summed E-state index contributed by atoms with van der Waals surface area (Å²) in [6.45, 7) is 4.45. The lowest BCUT2D eigenvalue weighted by molar-refractivity contribution is 0.103. The highest BCUT2D eigenvalue weighted by Gasteiger charge is 2.31. The van der Waals surface area contributed by atoms with Crippen LogP contribution in [0.3, 0.4) is 0 Å². The van der Waals surface area contributed by atoms with Crippen LogP contribution in [0.2, 0.25) is 0 Å². The van der Waals surface area contributed by atoms with Gasteiger partial charge in [0.2, 0.25) is 0 Å². The standard InChI is InChI=1S/C17H24I2N2O.2ClH/c18-14-10-13(11-15(19)17(14)22)16(12-4-2-1-3-5-12)21-8-6-20-7-9-21;;/h10-12,16,20,22H,1-9H2;2*1H/t16-;;/m1../s1. The number of aromatic hydroxyl groups is 1. The summed E-state index contributed by atoms with van der Waals surface area (Å²) in [6.07, 6.45) is 6.85. The molecule has 1 aromatic carbocycles. The average Bonchev–Trinajstić information content (AvgIpc) is 2.55. The van der Waals surface area contributed by atoms with Crippen LogP contribution < -0.4 is 5.32 Å². The van der Waals surface area contributed by atoms with Crippen LogP contribution in [-0.2, 0) is 0 Å². The quantitative estimate of drug-likeness (QED) is 0.483. The van der Waals surface area contributed by atoms with Gasteiger partial charge in [0.1, 0.15) is 5.75 Å². The van der Waals surface area contributed by atoms with E-state index in [0.29, 0.717) is 11.8 Å². The maximum atomic E-state index is 10.1. The molecule has 3 nitrogen and oxygen atoms in total. The molecule has 1 aliphatic carbocycles. The molecule has 0 bridgehead atoms. The normalized spacial score (nSPS) is 20.8. The van der Waals surface area contributed by atoms with Crippen LogP contribution in [0.5, 0.6) is 5.75 Å². The molecule has 2 aliphatic rings. The first-order valence-corrected chi connectivity index (χ1v) is 10.5. The Morgan fingerprint density at radius 1 is 1.00 bits per heavy atom. The summed E-state index contributed by atoms with van der Waals surface area (Å²) in [7, 11) is 0. The van der Waals surface area contributed by atoms with E-state index in [0.717, 1.165) is 39.2 Å². The Bertz CT molecular complexity index is 480. The maximum Gasteiger partial charge on any atom is 0.142 e. The van der Waals surface area contributed by atoms with Gasteiger partial charge >= 0.3 is 0 Å². The van der Waals surface area contributed by atoms with Gasteiger partial charge in [0.25, 0.3) is 0 Å². The monoisotopic (exact) mass is 598 g/mol. The van der Waals surface area contributed by atoms with E-state index in [1.54, 1.807) is 0 Å². The van der Waals surface area contributed by atoms with Gasteiger partial charge in [-0.25, -0.2) is 0 Å². The van der Waals surface area contributed by atoms with Gasteiger partial charge in [0.15, 0.2) is 0 Å². The molecular weight excluding hydrogens is 573 g/mol. The third-order valence-corrected chi connectivity index (χ3v) is 6.67. The van der Waals surface area contributed by atoms with E-state index in [2.05, 4.69) is 67.5 Å². The number of phenols is 1. The van der Waals surface area contributed by atoms with Crippen molar-refractivity contribution in [3.05, 3.63) is 24.8 Å². The fourth-order valence-electron chi connectivity index (χ4n) is 3.95. The van der Waals surface area contributed by atoms with E-state index in [-0.39, 0.29) is 24.8 Å². The first-order chi connectivity index (χ1) is 10.7. The summed E-state index contributed by atoms with van der Waals surface area (Å²) in [5.74, 6) is 1.20. The van der Waals surface area contributed by atoms with E-state index in [1.165, 1.54) is 37.7 Å². The highest BCUT2D eigenvalue weighted by molar-refractivity contribution is 14.1. The van der Waals surface area contributed by atoms with Crippen molar-refractivity contribution in [2.45, 2.75) is 38.1 Å². The average molecular weight is 599 g/mol. The molecule has 1 heterocycles. The van der Waals surface area contributed by atoms with Crippen molar-refractivity contribution in [1.29, 1.82) is 0 Å². The molecule has 2 fully saturated rings. The molecule has 0 spiro atoms. The van der Waals surface area contributed by atoms with Crippen LogP contribution in [0.1, 0.15) is 43.7 Å². The lowest BCUT2D eigenvalue weighted by Crippen LogP contribution is -2.47. The topological polar surface area (TPSA) is 35.5 Å². The van der Waals surface area contributed by atoms with Crippen molar-refractivity contribution < 1.29 is 5.11 Å². The fourth-order valence-corrected chi connectivity index (χ4v) is 5.76. The zero-order valence-electron chi connectivity index (χ0n) is 13.6. The molecule has 1 saturated carbocycles. The molecule has 0 amide bonds. The van der Waals surface area contributed by atoms with Gasteiger partial charge in [-0.05, 0) is 81.6 Å². The lowest BCUT2D eigenvalue weighted by Gasteiger charge is -2.41. The number of hydrogen-bond donors (Lipinski definition) is 2. The largest absolute Gasteiger partial charge is 0.506 e. The Balaban J connectivity index is 0.00000144. The minimum absolute atomic E-state index is 0. The van der Waals surface area contributed by atoms with Gasteiger partial charge < -0.3 is 10.4 Å². The number of phenolic OH excluding ortho intramolecular Hbond substituents is 1. The molecule has 1 aromatic rings. The van der Waals surface area contributed by atoms with E-state index in [4.69, 9.17) is 0 Å². The van der Waals surface area contributed by atoms with Crippen LogP contribution in [0.15, 0.2) is 12.1 Å². The molecular formula is C17H26Cl2I2N2O. The summed E-state index contributed by atoms with van der Waals surface area (Å²) in [5, 5.41) is 13.6. The predicted molar refractivity (Wildman–Crippen MR) is 122 cm³/mol. The number of hydrogen-bond acceptors (Lipinski definition) is 3. The van der Waals surface area contributed by atoms with E-state index in [1.807, 2.05) is 0 Å². The second-order valence-electron chi connectivity index (χ2n) is 6.46. The van der Waals surface area contributed by atoms with Gasteiger partial charge in [-0.1, -0.05) is 19.3 Å². The number of nitrogens with one attached hydrogen (secondary N) is 1. The van der Waals surface area contributed by atoms with E-state index < -0.39 is 0 Å². The van der Waals surface area contributed by atoms with Crippen LogP contribution in [0, 0.1) is 13.1 Å². The van der Waals surface area contributed by atoms with Gasteiger partial charge in [-0.3, -0.25) is 4.90 Å². The van der Waals surface area contributed by atoms with Crippen LogP contribution in [-0.4, -0.2) is 36.2 Å². The van der Waals surface area contributed by atoms with E-state index >= 15 is 0 Å². The molecule has 3 rings (SSSR count). The number of halogens is 4. The van der Waals surface area contributed by atoms with Gasteiger partial charge in [-0.15, -0.1) is 24.8 Å². The molecule has 1 saturated heterocycles. The highest BCUT2D eigenvalue weighted by Crippen LogP contribution is 2.40. The van der Waals surface area contributed by atoms with Crippen molar-refractivity contribution >= 4 is 70.0 Å². The van der Waals surface area contributed by atoms with Crippen LogP contribution in [0.25, 0.3) is 0 Å². The molecule has 0 aromatic heterocycles. The Kier molecular flexibility index (Phi) is 10.5. The minimum Gasteiger partial charge on any atom is -0.506 e. The second-order valence-corrected chi connectivity index (χ2v) is 8.79.